The van der Waals surface area contributed by atoms with E-state index in [1.165, 1.54) is 22.9 Å². The van der Waals surface area contributed by atoms with Crippen molar-refractivity contribution in [2.24, 2.45) is 0 Å². The molecule has 152 valence electrons. The van der Waals surface area contributed by atoms with Crippen molar-refractivity contribution >= 4 is 40.3 Å². The number of hydrogen-bond donors (Lipinski definition) is 1. The normalized spacial score (nSPS) is 15.7. The van der Waals surface area contributed by atoms with Crippen LogP contribution in [0.15, 0.2) is 47.4 Å². The summed E-state index contributed by atoms with van der Waals surface area (Å²) >= 11 is 6.32. The highest BCUT2D eigenvalue weighted by molar-refractivity contribution is 8.26. The lowest BCUT2D eigenvalue weighted by molar-refractivity contribution is -0.115. The molecule has 1 heterocycles. The molecule has 0 aromatic heterocycles. The number of carbonyl (C=O) groups is 1. The van der Waals surface area contributed by atoms with Crippen LogP contribution in [0.25, 0.3) is 6.08 Å². The summed E-state index contributed by atoms with van der Waals surface area (Å²) in [6.07, 6.45) is 3.95. The summed E-state index contributed by atoms with van der Waals surface area (Å²) in [6, 6.07) is 14.6. The van der Waals surface area contributed by atoms with E-state index in [2.05, 4.69) is 51.2 Å². The highest BCUT2D eigenvalue weighted by Gasteiger charge is 2.21. The summed E-state index contributed by atoms with van der Waals surface area (Å²) in [5.41, 5.74) is 4.79. The minimum absolute atomic E-state index is 0.129. The lowest BCUT2D eigenvalue weighted by Gasteiger charge is -2.21. The molecule has 0 bridgehead atoms. The molecule has 3 nitrogen and oxygen atoms in total. The van der Waals surface area contributed by atoms with Gasteiger partial charge in [0, 0.05) is 0 Å². The summed E-state index contributed by atoms with van der Waals surface area (Å²) in [5.74, 6) is 0.827. The average Bonchev–Trinajstić information content (AvgIpc) is 2.98. The van der Waals surface area contributed by atoms with Crippen LogP contribution in [-0.4, -0.2) is 10.2 Å². The van der Waals surface area contributed by atoms with Crippen LogP contribution in [0.2, 0.25) is 0 Å². The minimum atomic E-state index is -0.130. The molecular weight excluding hydrogens is 398 g/mol. The first-order valence-corrected chi connectivity index (χ1v) is 11.1. The molecule has 1 fully saturated rings. The highest BCUT2D eigenvalue weighted by atomic mass is 32.2. The lowest BCUT2D eigenvalue weighted by Crippen LogP contribution is -2.17. The molecule has 0 atom stereocenters. The SMILES string of the molecule is CCCc1cc(C(C)(C)C)ccc1OCc1ccc(/C=C2\SC(=S)NC2=O)cc1. The third-order valence-electron chi connectivity index (χ3n) is 4.76. The van der Waals surface area contributed by atoms with Crippen LogP contribution >= 0.6 is 24.0 Å². The number of thiocarbonyl (C=S) groups is 1. The minimum Gasteiger partial charge on any atom is -0.489 e. The van der Waals surface area contributed by atoms with Gasteiger partial charge < -0.3 is 10.1 Å². The van der Waals surface area contributed by atoms with Gasteiger partial charge in [-0.05, 0) is 46.2 Å². The van der Waals surface area contributed by atoms with Crippen LogP contribution < -0.4 is 10.1 Å². The number of rotatable bonds is 6. The molecule has 0 radical (unpaired) electrons. The number of ether oxygens (including phenoxy) is 1. The molecule has 29 heavy (non-hydrogen) atoms. The summed E-state index contributed by atoms with van der Waals surface area (Å²) in [4.78, 5) is 12.4. The Balaban J connectivity index is 1.69. The van der Waals surface area contributed by atoms with E-state index < -0.39 is 0 Å². The molecule has 0 spiro atoms. The van der Waals surface area contributed by atoms with Crippen molar-refractivity contribution in [2.75, 3.05) is 0 Å². The molecule has 2 aromatic rings. The molecule has 1 aliphatic heterocycles. The molecule has 5 heteroatoms. The Kier molecular flexibility index (Phi) is 6.81. The second kappa shape index (κ2) is 9.14. The van der Waals surface area contributed by atoms with Gasteiger partial charge in [-0.1, -0.05) is 94.5 Å². The van der Waals surface area contributed by atoms with Gasteiger partial charge in [0.1, 0.15) is 16.7 Å². The van der Waals surface area contributed by atoms with E-state index in [-0.39, 0.29) is 11.3 Å². The van der Waals surface area contributed by atoms with Crippen molar-refractivity contribution < 1.29 is 9.53 Å². The van der Waals surface area contributed by atoms with Crippen LogP contribution in [0.3, 0.4) is 0 Å². The summed E-state index contributed by atoms with van der Waals surface area (Å²) in [5, 5.41) is 2.63. The smallest absolute Gasteiger partial charge is 0.263 e. The number of benzene rings is 2. The van der Waals surface area contributed by atoms with Crippen LogP contribution in [0.1, 0.15) is 56.4 Å². The maximum Gasteiger partial charge on any atom is 0.263 e. The van der Waals surface area contributed by atoms with E-state index in [0.717, 1.165) is 29.7 Å². The Morgan fingerprint density at radius 3 is 2.45 bits per heavy atom. The summed E-state index contributed by atoms with van der Waals surface area (Å²) in [7, 11) is 0. The van der Waals surface area contributed by atoms with Crippen molar-refractivity contribution in [2.45, 2.75) is 52.6 Å². The quantitative estimate of drug-likeness (QED) is 0.455. The van der Waals surface area contributed by atoms with Gasteiger partial charge in [-0.25, -0.2) is 0 Å². The van der Waals surface area contributed by atoms with Crippen LogP contribution in [0, 0.1) is 0 Å². The predicted molar refractivity (Wildman–Crippen MR) is 126 cm³/mol. The zero-order valence-corrected chi connectivity index (χ0v) is 19.0. The molecule has 0 unspecified atom stereocenters. The van der Waals surface area contributed by atoms with E-state index in [1.807, 2.05) is 30.3 Å². The van der Waals surface area contributed by atoms with E-state index in [1.54, 1.807) is 0 Å². The van der Waals surface area contributed by atoms with Crippen molar-refractivity contribution in [1.29, 1.82) is 0 Å². The second-order valence-electron chi connectivity index (χ2n) is 8.20. The fourth-order valence-corrected chi connectivity index (χ4v) is 4.14. The van der Waals surface area contributed by atoms with Crippen molar-refractivity contribution in [3.05, 3.63) is 69.6 Å². The van der Waals surface area contributed by atoms with Gasteiger partial charge >= 0.3 is 0 Å². The van der Waals surface area contributed by atoms with Gasteiger partial charge in [0.05, 0.1) is 4.91 Å². The highest BCUT2D eigenvalue weighted by Crippen LogP contribution is 2.30. The molecule has 0 aliphatic carbocycles. The maximum absolute atomic E-state index is 11.8. The van der Waals surface area contributed by atoms with Crippen molar-refractivity contribution in [1.82, 2.24) is 5.32 Å². The number of nitrogens with one attached hydrogen (secondary N) is 1. The van der Waals surface area contributed by atoms with Crippen molar-refractivity contribution in [3.8, 4) is 5.75 Å². The molecule has 1 amide bonds. The lowest BCUT2D eigenvalue weighted by atomic mass is 9.85. The average molecular weight is 426 g/mol. The molecule has 1 aliphatic rings. The van der Waals surface area contributed by atoms with E-state index in [0.29, 0.717) is 15.8 Å². The molecule has 0 saturated carbocycles. The maximum atomic E-state index is 11.8. The second-order valence-corrected chi connectivity index (χ2v) is 9.92. The monoisotopic (exact) mass is 425 g/mol. The molecule has 1 N–H and O–H groups in total. The zero-order chi connectivity index (χ0) is 21.0. The molecule has 3 rings (SSSR count). The van der Waals surface area contributed by atoms with E-state index in [9.17, 15) is 4.79 Å². The summed E-state index contributed by atoms with van der Waals surface area (Å²) in [6.45, 7) is 9.40. The third kappa shape index (κ3) is 5.71. The Morgan fingerprint density at radius 1 is 1.14 bits per heavy atom. The Labute approximate surface area is 182 Å². The van der Waals surface area contributed by atoms with Gasteiger partial charge in [0.15, 0.2) is 0 Å². The largest absolute Gasteiger partial charge is 0.489 e. The van der Waals surface area contributed by atoms with Gasteiger partial charge in [-0.15, -0.1) is 0 Å². The molecule has 1 saturated heterocycles. The number of amides is 1. The molecular formula is C24H27NO2S2. The first-order valence-electron chi connectivity index (χ1n) is 9.86. The number of aryl methyl sites for hydroxylation is 1. The Morgan fingerprint density at radius 2 is 1.86 bits per heavy atom. The van der Waals surface area contributed by atoms with Gasteiger partial charge in [0.25, 0.3) is 5.91 Å². The number of hydrogen-bond acceptors (Lipinski definition) is 4. The first-order chi connectivity index (χ1) is 13.8. The fourth-order valence-electron chi connectivity index (χ4n) is 3.10. The van der Waals surface area contributed by atoms with E-state index in [4.69, 9.17) is 17.0 Å². The van der Waals surface area contributed by atoms with Crippen LogP contribution in [0.5, 0.6) is 5.75 Å². The zero-order valence-electron chi connectivity index (χ0n) is 17.4. The molecule has 2 aromatic carbocycles. The Hall–Kier alpha value is -2.11. The number of carbonyl (C=O) groups excluding carboxylic acids is 1. The summed E-state index contributed by atoms with van der Waals surface area (Å²) < 4.78 is 6.65. The van der Waals surface area contributed by atoms with Gasteiger partial charge in [-0.3, -0.25) is 4.79 Å². The van der Waals surface area contributed by atoms with Crippen LogP contribution in [-0.2, 0) is 23.2 Å². The van der Waals surface area contributed by atoms with Crippen LogP contribution in [0.4, 0.5) is 0 Å². The third-order valence-corrected chi connectivity index (χ3v) is 5.92. The van der Waals surface area contributed by atoms with Gasteiger partial charge in [0.2, 0.25) is 0 Å². The fraction of sp³-hybridized carbons (Fsp3) is 0.333. The van der Waals surface area contributed by atoms with E-state index >= 15 is 0 Å². The van der Waals surface area contributed by atoms with Crippen molar-refractivity contribution in [3.63, 3.8) is 0 Å². The first kappa shape index (κ1) is 21.6. The van der Waals surface area contributed by atoms with Gasteiger partial charge in [-0.2, -0.15) is 0 Å². The number of thioether (sulfide) groups is 1. The Bertz CT molecular complexity index is 940. The topological polar surface area (TPSA) is 38.3 Å². The predicted octanol–water partition coefficient (Wildman–Crippen LogP) is 6.00. The standard InChI is InChI=1S/C24H27NO2S2/c1-5-6-18-14-19(24(2,3)4)11-12-20(18)27-15-17-9-7-16(8-10-17)13-21-22(26)25-23(28)29-21/h7-14H,5-6,15H2,1-4H3,(H,25,26,28)/b21-13-.